The number of hydrogen-bond acceptors (Lipinski definition) is 6. The Morgan fingerprint density at radius 1 is 1.03 bits per heavy atom. The Morgan fingerprint density at radius 3 is 2.24 bits per heavy atom. The second-order valence-electron chi connectivity index (χ2n) is 8.44. The maximum atomic E-state index is 12.7. The number of benzene rings is 2. The van der Waals surface area contributed by atoms with Crippen molar-refractivity contribution in [1.82, 2.24) is 10.2 Å². The SMILES string of the molecule is Cc1ccc(S(=O)(=O)Nc2ccc(N3CCN(CC(=O)NC(C)C)CC3)c(C(=O)O)c2)cc1. The topological polar surface area (TPSA) is 119 Å². The summed E-state index contributed by atoms with van der Waals surface area (Å²) in [6, 6.07) is 11.0. The molecule has 1 saturated heterocycles. The van der Waals surface area contributed by atoms with Crippen LogP contribution in [-0.4, -0.2) is 69.1 Å². The van der Waals surface area contributed by atoms with Gasteiger partial charge in [0, 0.05) is 37.9 Å². The molecule has 178 valence electrons. The van der Waals surface area contributed by atoms with Gasteiger partial charge < -0.3 is 15.3 Å². The van der Waals surface area contributed by atoms with E-state index in [-0.39, 0.29) is 28.1 Å². The third-order valence-electron chi connectivity index (χ3n) is 5.34. The summed E-state index contributed by atoms with van der Waals surface area (Å²) < 4.78 is 27.8. The van der Waals surface area contributed by atoms with E-state index in [1.807, 2.05) is 30.6 Å². The van der Waals surface area contributed by atoms with Crippen LogP contribution in [0.15, 0.2) is 47.4 Å². The van der Waals surface area contributed by atoms with E-state index in [1.165, 1.54) is 18.2 Å². The fourth-order valence-corrected chi connectivity index (χ4v) is 4.75. The van der Waals surface area contributed by atoms with Gasteiger partial charge in [0.05, 0.1) is 22.7 Å². The molecule has 33 heavy (non-hydrogen) atoms. The van der Waals surface area contributed by atoms with Crippen molar-refractivity contribution in [2.45, 2.75) is 31.7 Å². The summed E-state index contributed by atoms with van der Waals surface area (Å²) in [4.78, 5) is 28.0. The van der Waals surface area contributed by atoms with Crippen LogP contribution in [0.1, 0.15) is 29.8 Å². The summed E-state index contributed by atoms with van der Waals surface area (Å²) in [6.45, 7) is 8.34. The molecule has 0 unspecified atom stereocenters. The average Bonchev–Trinajstić information content (AvgIpc) is 2.74. The van der Waals surface area contributed by atoms with Crippen molar-refractivity contribution >= 4 is 33.3 Å². The van der Waals surface area contributed by atoms with E-state index < -0.39 is 16.0 Å². The van der Waals surface area contributed by atoms with Crippen molar-refractivity contribution in [3.05, 3.63) is 53.6 Å². The van der Waals surface area contributed by atoms with E-state index in [2.05, 4.69) is 10.0 Å². The van der Waals surface area contributed by atoms with Gasteiger partial charge in [-0.05, 0) is 51.1 Å². The Labute approximate surface area is 194 Å². The smallest absolute Gasteiger partial charge is 0.337 e. The molecule has 3 rings (SSSR count). The molecule has 0 bridgehead atoms. The molecule has 1 fully saturated rings. The minimum absolute atomic E-state index is 0.0186. The highest BCUT2D eigenvalue weighted by Crippen LogP contribution is 2.27. The number of carboxylic acid groups (broad SMARTS) is 1. The number of aromatic carboxylic acids is 1. The van der Waals surface area contributed by atoms with Gasteiger partial charge >= 0.3 is 5.97 Å². The second kappa shape index (κ2) is 10.2. The largest absolute Gasteiger partial charge is 0.478 e. The first kappa shape index (κ1) is 24.5. The number of rotatable bonds is 8. The monoisotopic (exact) mass is 474 g/mol. The Kier molecular flexibility index (Phi) is 7.60. The Balaban J connectivity index is 1.71. The Morgan fingerprint density at radius 2 is 1.67 bits per heavy atom. The zero-order valence-electron chi connectivity index (χ0n) is 19.0. The predicted octanol–water partition coefficient (Wildman–Crippen LogP) is 2.14. The lowest BCUT2D eigenvalue weighted by atomic mass is 10.1. The van der Waals surface area contributed by atoms with Gasteiger partial charge in [0.1, 0.15) is 0 Å². The fraction of sp³-hybridized carbons (Fsp3) is 0.391. The van der Waals surface area contributed by atoms with Crippen LogP contribution in [-0.2, 0) is 14.8 Å². The number of nitrogens with one attached hydrogen (secondary N) is 2. The molecule has 0 saturated carbocycles. The van der Waals surface area contributed by atoms with E-state index in [9.17, 15) is 23.1 Å². The molecular weight excluding hydrogens is 444 g/mol. The van der Waals surface area contributed by atoms with Crippen molar-refractivity contribution in [2.75, 3.05) is 42.3 Å². The third-order valence-corrected chi connectivity index (χ3v) is 6.74. The third kappa shape index (κ3) is 6.45. The van der Waals surface area contributed by atoms with Crippen LogP contribution in [0.4, 0.5) is 11.4 Å². The van der Waals surface area contributed by atoms with Crippen LogP contribution in [0.5, 0.6) is 0 Å². The highest BCUT2D eigenvalue weighted by molar-refractivity contribution is 7.92. The van der Waals surface area contributed by atoms with Crippen molar-refractivity contribution in [3.8, 4) is 0 Å². The van der Waals surface area contributed by atoms with Gasteiger partial charge in [-0.15, -0.1) is 0 Å². The first-order chi connectivity index (χ1) is 15.5. The molecule has 2 aromatic carbocycles. The quantitative estimate of drug-likeness (QED) is 0.536. The minimum Gasteiger partial charge on any atom is -0.478 e. The van der Waals surface area contributed by atoms with Crippen molar-refractivity contribution in [2.24, 2.45) is 0 Å². The maximum absolute atomic E-state index is 12.7. The van der Waals surface area contributed by atoms with Gasteiger partial charge in [-0.25, -0.2) is 13.2 Å². The molecule has 10 heteroatoms. The van der Waals surface area contributed by atoms with E-state index in [4.69, 9.17) is 0 Å². The lowest BCUT2D eigenvalue weighted by molar-refractivity contribution is -0.122. The van der Waals surface area contributed by atoms with E-state index >= 15 is 0 Å². The first-order valence-electron chi connectivity index (χ1n) is 10.8. The molecule has 0 aromatic heterocycles. The molecule has 1 amide bonds. The molecule has 0 aliphatic carbocycles. The molecule has 2 aromatic rings. The van der Waals surface area contributed by atoms with Gasteiger partial charge in [0.2, 0.25) is 5.91 Å². The van der Waals surface area contributed by atoms with Crippen LogP contribution in [0.25, 0.3) is 0 Å². The number of carbonyl (C=O) groups excluding carboxylic acids is 1. The highest BCUT2D eigenvalue weighted by Gasteiger charge is 2.24. The van der Waals surface area contributed by atoms with Gasteiger partial charge in [0.15, 0.2) is 0 Å². The molecule has 0 spiro atoms. The van der Waals surface area contributed by atoms with Crippen LogP contribution in [0, 0.1) is 6.92 Å². The number of piperazine rings is 1. The molecule has 0 atom stereocenters. The number of anilines is 2. The average molecular weight is 475 g/mol. The Hall–Kier alpha value is -3.11. The number of carbonyl (C=O) groups is 2. The number of carboxylic acids is 1. The molecule has 9 nitrogen and oxygen atoms in total. The van der Waals surface area contributed by atoms with Crippen LogP contribution in [0.3, 0.4) is 0 Å². The Bertz CT molecular complexity index is 1110. The molecule has 1 heterocycles. The number of aryl methyl sites for hydroxylation is 1. The lowest BCUT2D eigenvalue weighted by Crippen LogP contribution is -2.50. The summed E-state index contributed by atoms with van der Waals surface area (Å²) in [5, 5.41) is 12.6. The number of sulfonamides is 1. The zero-order valence-corrected chi connectivity index (χ0v) is 19.9. The van der Waals surface area contributed by atoms with Crippen LogP contribution >= 0.6 is 0 Å². The lowest BCUT2D eigenvalue weighted by Gasteiger charge is -2.36. The molecule has 0 radical (unpaired) electrons. The summed E-state index contributed by atoms with van der Waals surface area (Å²) in [7, 11) is -3.84. The van der Waals surface area contributed by atoms with Gasteiger partial charge in [-0.3, -0.25) is 14.4 Å². The minimum atomic E-state index is -3.84. The van der Waals surface area contributed by atoms with Crippen molar-refractivity contribution in [3.63, 3.8) is 0 Å². The standard InChI is InChI=1S/C23H30N4O5S/c1-16(2)24-22(28)15-26-10-12-27(13-11-26)21-9-6-18(14-20(21)23(29)30)25-33(31,32)19-7-4-17(3)5-8-19/h4-9,14,16,25H,10-13,15H2,1-3H3,(H,24,28)(H,29,30). The predicted molar refractivity (Wildman–Crippen MR) is 127 cm³/mol. The maximum Gasteiger partial charge on any atom is 0.337 e. The van der Waals surface area contributed by atoms with Crippen molar-refractivity contribution in [1.29, 1.82) is 0 Å². The highest BCUT2D eigenvalue weighted by atomic mass is 32.2. The second-order valence-corrected chi connectivity index (χ2v) is 10.1. The van der Waals surface area contributed by atoms with Crippen LogP contribution in [0.2, 0.25) is 0 Å². The van der Waals surface area contributed by atoms with Crippen molar-refractivity contribution < 1.29 is 23.1 Å². The summed E-state index contributed by atoms with van der Waals surface area (Å²) >= 11 is 0. The molecule has 3 N–H and O–H groups in total. The number of nitrogens with zero attached hydrogens (tertiary/aromatic N) is 2. The summed E-state index contributed by atoms with van der Waals surface area (Å²) in [5.74, 6) is -1.17. The van der Waals surface area contributed by atoms with E-state index in [0.29, 0.717) is 38.4 Å². The fourth-order valence-electron chi connectivity index (χ4n) is 3.70. The van der Waals surface area contributed by atoms with Crippen LogP contribution < -0.4 is 14.9 Å². The molecule has 1 aliphatic rings. The van der Waals surface area contributed by atoms with E-state index in [1.54, 1.807) is 24.3 Å². The summed E-state index contributed by atoms with van der Waals surface area (Å²) in [6.07, 6.45) is 0. The van der Waals surface area contributed by atoms with Gasteiger partial charge in [0.25, 0.3) is 10.0 Å². The first-order valence-corrected chi connectivity index (χ1v) is 12.3. The normalized spacial score (nSPS) is 14.8. The summed E-state index contributed by atoms with van der Waals surface area (Å²) in [5.41, 5.74) is 1.66. The van der Waals surface area contributed by atoms with E-state index in [0.717, 1.165) is 5.56 Å². The van der Waals surface area contributed by atoms with Gasteiger partial charge in [-0.1, -0.05) is 17.7 Å². The molecular formula is C23H30N4O5S. The zero-order chi connectivity index (χ0) is 24.2. The van der Waals surface area contributed by atoms with Gasteiger partial charge in [-0.2, -0.15) is 0 Å². The number of hydrogen-bond donors (Lipinski definition) is 3. The molecule has 1 aliphatic heterocycles. The number of amides is 1.